The molecule has 0 radical (unpaired) electrons. The normalized spacial score (nSPS) is 10.2. The first-order chi connectivity index (χ1) is 9.54. The summed E-state index contributed by atoms with van der Waals surface area (Å²) in [4.78, 5) is 12.2. The van der Waals surface area contributed by atoms with Crippen LogP contribution in [0.4, 0.5) is 11.4 Å². The van der Waals surface area contributed by atoms with Crippen molar-refractivity contribution in [3.8, 4) is 5.75 Å². The molecule has 0 fully saturated rings. The van der Waals surface area contributed by atoms with E-state index in [-0.39, 0.29) is 16.6 Å². The van der Waals surface area contributed by atoms with Gasteiger partial charge in [0.05, 0.1) is 34.1 Å². The molecule has 3 N–H and O–H groups in total. The van der Waals surface area contributed by atoms with Crippen molar-refractivity contribution in [3.05, 3.63) is 52.0 Å². The van der Waals surface area contributed by atoms with Gasteiger partial charge in [-0.15, -0.1) is 0 Å². The monoisotopic (exact) mass is 310 g/mol. The van der Waals surface area contributed by atoms with Gasteiger partial charge in [0.15, 0.2) is 0 Å². The number of rotatable bonds is 3. The largest absolute Gasteiger partial charge is 0.495 e. The van der Waals surface area contributed by atoms with Crippen molar-refractivity contribution >= 4 is 40.5 Å². The number of amides is 1. The summed E-state index contributed by atoms with van der Waals surface area (Å²) in [6.07, 6.45) is 0. The Morgan fingerprint density at radius 3 is 2.60 bits per heavy atom. The molecule has 2 aromatic carbocycles. The second-order valence-corrected chi connectivity index (χ2v) is 4.76. The highest BCUT2D eigenvalue weighted by atomic mass is 35.5. The number of nitrogens with two attached hydrogens (primary N) is 1. The maximum Gasteiger partial charge on any atom is 0.257 e. The molecule has 2 aromatic rings. The van der Waals surface area contributed by atoms with E-state index in [9.17, 15) is 4.79 Å². The third-order valence-corrected chi connectivity index (χ3v) is 3.55. The number of anilines is 2. The second kappa shape index (κ2) is 6.03. The van der Waals surface area contributed by atoms with Gasteiger partial charge in [-0.25, -0.2) is 0 Å². The van der Waals surface area contributed by atoms with Crippen LogP contribution in [-0.4, -0.2) is 13.0 Å². The number of para-hydroxylation sites is 1. The van der Waals surface area contributed by atoms with E-state index in [2.05, 4.69) is 5.32 Å². The first kappa shape index (κ1) is 14.5. The number of halogens is 2. The molecule has 0 aliphatic heterocycles. The second-order valence-electron chi connectivity index (χ2n) is 3.98. The van der Waals surface area contributed by atoms with Crippen LogP contribution in [0, 0.1) is 0 Å². The summed E-state index contributed by atoms with van der Waals surface area (Å²) in [6, 6.07) is 9.95. The number of ether oxygens (including phenoxy) is 1. The molecule has 2 rings (SSSR count). The van der Waals surface area contributed by atoms with Crippen LogP contribution in [-0.2, 0) is 0 Å². The SMILES string of the molecule is COc1cccc(C(=O)Nc2cccc(Cl)c2Cl)c1N. The van der Waals surface area contributed by atoms with Crippen LogP contribution >= 0.6 is 23.2 Å². The Labute approximate surface area is 126 Å². The number of methoxy groups -OCH3 is 1. The molecule has 20 heavy (non-hydrogen) atoms. The van der Waals surface area contributed by atoms with Crippen molar-refractivity contribution in [1.29, 1.82) is 0 Å². The maximum absolute atomic E-state index is 12.2. The van der Waals surface area contributed by atoms with E-state index in [4.69, 9.17) is 33.7 Å². The molecule has 6 heteroatoms. The molecular weight excluding hydrogens is 299 g/mol. The van der Waals surface area contributed by atoms with E-state index in [0.29, 0.717) is 22.0 Å². The zero-order valence-corrected chi connectivity index (χ0v) is 12.1. The summed E-state index contributed by atoms with van der Waals surface area (Å²) in [6.45, 7) is 0. The minimum Gasteiger partial charge on any atom is -0.495 e. The van der Waals surface area contributed by atoms with E-state index in [1.54, 1.807) is 36.4 Å². The molecule has 0 spiro atoms. The number of nitrogen functional groups attached to an aromatic ring is 1. The summed E-state index contributed by atoms with van der Waals surface area (Å²) >= 11 is 11.9. The summed E-state index contributed by atoms with van der Waals surface area (Å²) in [7, 11) is 1.49. The van der Waals surface area contributed by atoms with Crippen LogP contribution in [0.25, 0.3) is 0 Å². The van der Waals surface area contributed by atoms with Gasteiger partial charge in [0.2, 0.25) is 0 Å². The highest BCUT2D eigenvalue weighted by Crippen LogP contribution is 2.31. The number of hydrogen-bond acceptors (Lipinski definition) is 3. The molecule has 104 valence electrons. The summed E-state index contributed by atoms with van der Waals surface area (Å²) < 4.78 is 5.08. The van der Waals surface area contributed by atoms with Crippen LogP contribution in [0.5, 0.6) is 5.75 Å². The van der Waals surface area contributed by atoms with E-state index >= 15 is 0 Å². The first-order valence-electron chi connectivity index (χ1n) is 5.72. The van der Waals surface area contributed by atoms with E-state index in [1.165, 1.54) is 7.11 Å². The fourth-order valence-corrected chi connectivity index (χ4v) is 2.06. The lowest BCUT2D eigenvalue weighted by molar-refractivity contribution is 0.102. The molecular formula is C14H12Cl2N2O2. The lowest BCUT2D eigenvalue weighted by Crippen LogP contribution is -2.14. The van der Waals surface area contributed by atoms with E-state index < -0.39 is 0 Å². The number of carbonyl (C=O) groups is 1. The van der Waals surface area contributed by atoms with Crippen LogP contribution < -0.4 is 15.8 Å². The van der Waals surface area contributed by atoms with Gasteiger partial charge in [-0.1, -0.05) is 35.3 Å². The zero-order valence-electron chi connectivity index (χ0n) is 10.6. The van der Waals surface area contributed by atoms with Gasteiger partial charge in [0.1, 0.15) is 5.75 Å². The standard InChI is InChI=1S/C14H12Cl2N2O2/c1-20-11-7-2-4-8(13(11)17)14(19)18-10-6-3-5-9(15)12(10)16/h2-7H,17H2,1H3,(H,18,19). The smallest absolute Gasteiger partial charge is 0.257 e. The van der Waals surface area contributed by atoms with Crippen LogP contribution in [0.1, 0.15) is 10.4 Å². The predicted molar refractivity (Wildman–Crippen MR) is 81.8 cm³/mol. The Bertz CT molecular complexity index is 660. The van der Waals surface area contributed by atoms with E-state index in [0.717, 1.165) is 0 Å². The molecule has 0 aromatic heterocycles. The van der Waals surface area contributed by atoms with Gasteiger partial charge in [0, 0.05) is 0 Å². The van der Waals surface area contributed by atoms with Gasteiger partial charge < -0.3 is 15.8 Å². The van der Waals surface area contributed by atoms with Crippen molar-refractivity contribution < 1.29 is 9.53 Å². The van der Waals surface area contributed by atoms with Crippen molar-refractivity contribution in [2.24, 2.45) is 0 Å². The van der Waals surface area contributed by atoms with Crippen molar-refractivity contribution in [3.63, 3.8) is 0 Å². The average molecular weight is 311 g/mol. The number of carbonyl (C=O) groups excluding carboxylic acids is 1. The first-order valence-corrected chi connectivity index (χ1v) is 6.48. The third-order valence-electron chi connectivity index (χ3n) is 2.73. The van der Waals surface area contributed by atoms with Crippen molar-refractivity contribution in [2.45, 2.75) is 0 Å². The number of benzene rings is 2. The Balaban J connectivity index is 2.31. The number of hydrogen-bond donors (Lipinski definition) is 2. The fourth-order valence-electron chi connectivity index (χ4n) is 1.71. The third kappa shape index (κ3) is 2.81. The van der Waals surface area contributed by atoms with Crippen LogP contribution in [0.2, 0.25) is 10.0 Å². The van der Waals surface area contributed by atoms with E-state index in [1.807, 2.05) is 0 Å². The lowest BCUT2D eigenvalue weighted by atomic mass is 10.1. The minimum absolute atomic E-state index is 0.269. The molecule has 0 unspecified atom stereocenters. The quantitative estimate of drug-likeness (QED) is 0.847. The maximum atomic E-state index is 12.2. The summed E-state index contributed by atoms with van der Waals surface area (Å²) in [5.74, 6) is 0.0559. The van der Waals surface area contributed by atoms with Crippen molar-refractivity contribution in [1.82, 2.24) is 0 Å². The zero-order chi connectivity index (χ0) is 14.7. The fraction of sp³-hybridized carbons (Fsp3) is 0.0714. The summed E-state index contributed by atoms with van der Waals surface area (Å²) in [5, 5.41) is 3.31. The molecule has 0 bridgehead atoms. The van der Waals surface area contributed by atoms with Gasteiger partial charge in [0.25, 0.3) is 5.91 Å². The van der Waals surface area contributed by atoms with Gasteiger partial charge in [-0.2, -0.15) is 0 Å². The number of nitrogens with one attached hydrogen (secondary N) is 1. The summed E-state index contributed by atoms with van der Waals surface area (Å²) in [5.41, 5.74) is 6.87. The Kier molecular flexibility index (Phi) is 4.37. The van der Waals surface area contributed by atoms with Crippen LogP contribution in [0.3, 0.4) is 0 Å². The van der Waals surface area contributed by atoms with Gasteiger partial charge in [-0.3, -0.25) is 4.79 Å². The highest BCUT2D eigenvalue weighted by Gasteiger charge is 2.15. The van der Waals surface area contributed by atoms with Gasteiger partial charge in [-0.05, 0) is 24.3 Å². The Morgan fingerprint density at radius 2 is 1.90 bits per heavy atom. The topological polar surface area (TPSA) is 64.3 Å². The minimum atomic E-state index is -0.384. The average Bonchev–Trinajstić information content (AvgIpc) is 2.44. The Morgan fingerprint density at radius 1 is 1.20 bits per heavy atom. The molecule has 4 nitrogen and oxygen atoms in total. The van der Waals surface area contributed by atoms with Crippen molar-refractivity contribution in [2.75, 3.05) is 18.2 Å². The lowest BCUT2D eigenvalue weighted by Gasteiger charge is -2.11. The molecule has 0 heterocycles. The van der Waals surface area contributed by atoms with Gasteiger partial charge >= 0.3 is 0 Å². The highest BCUT2D eigenvalue weighted by molar-refractivity contribution is 6.44. The molecule has 0 saturated carbocycles. The Hall–Kier alpha value is -1.91. The van der Waals surface area contributed by atoms with Crippen LogP contribution in [0.15, 0.2) is 36.4 Å². The predicted octanol–water partition coefficient (Wildman–Crippen LogP) is 3.84. The molecule has 0 aliphatic carbocycles. The molecule has 0 atom stereocenters. The molecule has 0 aliphatic rings. The molecule has 0 saturated heterocycles. The molecule has 1 amide bonds.